The fraction of sp³-hybridized carbons (Fsp3) is 0.0833. The van der Waals surface area contributed by atoms with Gasteiger partial charge in [-0.2, -0.15) is 0 Å². The van der Waals surface area contributed by atoms with E-state index < -0.39 is 5.97 Å². The Labute approximate surface area is 103 Å². The highest BCUT2D eigenvalue weighted by atomic mass is 35.5. The third kappa shape index (κ3) is 2.71. The van der Waals surface area contributed by atoms with Crippen molar-refractivity contribution < 1.29 is 9.53 Å². The lowest BCUT2D eigenvalue weighted by molar-refractivity contribution is -0.133. The van der Waals surface area contributed by atoms with E-state index in [1.165, 1.54) is 13.3 Å². The third-order valence-corrected chi connectivity index (χ3v) is 2.19. The van der Waals surface area contributed by atoms with Crippen molar-refractivity contribution in [2.75, 3.05) is 7.11 Å². The Morgan fingerprint density at radius 2 is 2.24 bits per heavy atom. The smallest absolute Gasteiger partial charge is 0.384 e. The Bertz CT molecular complexity index is 644. The maximum absolute atomic E-state index is 10.9. The van der Waals surface area contributed by atoms with Gasteiger partial charge >= 0.3 is 5.97 Å². The van der Waals surface area contributed by atoms with E-state index in [0.717, 1.165) is 5.52 Å². The molecule has 0 bridgehead atoms. The Morgan fingerprint density at radius 1 is 1.41 bits per heavy atom. The molecule has 0 aliphatic rings. The molecule has 2 aromatic rings. The van der Waals surface area contributed by atoms with Crippen LogP contribution in [0, 0.1) is 11.8 Å². The van der Waals surface area contributed by atoms with Crippen LogP contribution in [-0.4, -0.2) is 23.0 Å². The largest absolute Gasteiger partial charge is 0.459 e. The fourth-order valence-electron chi connectivity index (χ4n) is 1.24. The lowest BCUT2D eigenvalue weighted by atomic mass is 10.2. The summed E-state index contributed by atoms with van der Waals surface area (Å²) < 4.78 is 4.42. The molecule has 0 atom stereocenters. The average Bonchev–Trinajstić information content (AvgIpc) is 2.35. The Morgan fingerprint density at radius 3 is 3.00 bits per heavy atom. The Balaban J connectivity index is 2.42. The number of carbonyl (C=O) groups is 1. The predicted molar refractivity (Wildman–Crippen MR) is 63.4 cm³/mol. The molecule has 4 nitrogen and oxygen atoms in total. The fourth-order valence-corrected chi connectivity index (χ4v) is 1.38. The van der Waals surface area contributed by atoms with E-state index in [2.05, 4.69) is 26.5 Å². The molecule has 0 unspecified atom stereocenters. The number of hydrogen-bond donors (Lipinski definition) is 0. The number of ether oxygens (including phenoxy) is 1. The van der Waals surface area contributed by atoms with Gasteiger partial charge in [-0.05, 0) is 18.2 Å². The van der Waals surface area contributed by atoms with Gasteiger partial charge in [-0.3, -0.25) is 4.98 Å². The highest BCUT2D eigenvalue weighted by Gasteiger charge is 1.99. The summed E-state index contributed by atoms with van der Waals surface area (Å²) in [7, 11) is 1.28. The van der Waals surface area contributed by atoms with E-state index in [9.17, 15) is 4.79 Å². The molecule has 1 aromatic heterocycles. The van der Waals surface area contributed by atoms with Crippen molar-refractivity contribution in [3.63, 3.8) is 0 Å². The van der Waals surface area contributed by atoms with Gasteiger partial charge in [0.05, 0.1) is 24.3 Å². The highest BCUT2D eigenvalue weighted by Crippen LogP contribution is 2.13. The zero-order valence-corrected chi connectivity index (χ0v) is 9.65. The lowest BCUT2D eigenvalue weighted by Gasteiger charge is -1.97. The second-order valence-electron chi connectivity index (χ2n) is 3.14. The van der Waals surface area contributed by atoms with Crippen molar-refractivity contribution in [2.24, 2.45) is 0 Å². The maximum atomic E-state index is 10.9. The van der Waals surface area contributed by atoms with Crippen LogP contribution in [0.5, 0.6) is 0 Å². The molecule has 5 heteroatoms. The van der Waals surface area contributed by atoms with Crippen molar-refractivity contribution in [3.05, 3.63) is 35.1 Å². The first-order valence-electron chi connectivity index (χ1n) is 4.71. The molecule has 2 rings (SSSR count). The average molecular weight is 247 g/mol. The highest BCUT2D eigenvalue weighted by molar-refractivity contribution is 6.29. The van der Waals surface area contributed by atoms with Crippen LogP contribution in [0.25, 0.3) is 11.0 Å². The van der Waals surface area contributed by atoms with Crippen LogP contribution in [0.2, 0.25) is 5.15 Å². The first-order chi connectivity index (χ1) is 8.19. The van der Waals surface area contributed by atoms with Crippen molar-refractivity contribution >= 4 is 28.6 Å². The molecule has 1 heterocycles. The minimum Gasteiger partial charge on any atom is -0.459 e. The molecule has 0 N–H and O–H groups in total. The summed E-state index contributed by atoms with van der Waals surface area (Å²) in [6, 6.07) is 5.23. The van der Waals surface area contributed by atoms with Crippen molar-refractivity contribution in [1.29, 1.82) is 0 Å². The number of rotatable bonds is 0. The van der Waals surface area contributed by atoms with E-state index in [0.29, 0.717) is 16.2 Å². The molecule has 0 aliphatic carbocycles. The number of benzene rings is 1. The number of esters is 1. The third-order valence-electron chi connectivity index (χ3n) is 2.01. The van der Waals surface area contributed by atoms with Crippen LogP contribution < -0.4 is 0 Å². The number of nitrogens with zero attached hydrogens (tertiary/aromatic N) is 2. The summed E-state index contributed by atoms with van der Waals surface area (Å²) >= 11 is 5.74. The summed E-state index contributed by atoms with van der Waals surface area (Å²) in [4.78, 5) is 19.1. The van der Waals surface area contributed by atoms with Gasteiger partial charge in [0, 0.05) is 11.5 Å². The number of aromatic nitrogens is 2. The standard InChI is InChI=1S/C12H7ClN2O2/c1-17-12(16)5-3-8-2-4-9-10(6-8)15-11(13)7-14-9/h2,4,6-7H,1H3. The molecule has 0 amide bonds. The van der Waals surface area contributed by atoms with Crippen molar-refractivity contribution in [2.45, 2.75) is 0 Å². The molecule has 0 fully saturated rings. The summed E-state index contributed by atoms with van der Waals surface area (Å²) in [5.41, 5.74) is 2.01. The number of fused-ring (bicyclic) bond motifs is 1. The van der Waals surface area contributed by atoms with E-state index in [1.54, 1.807) is 18.2 Å². The van der Waals surface area contributed by atoms with Crippen LogP contribution in [0.3, 0.4) is 0 Å². The molecular formula is C12H7ClN2O2. The minimum absolute atomic E-state index is 0.315. The molecule has 84 valence electrons. The molecule has 0 spiro atoms. The summed E-state index contributed by atoms with van der Waals surface area (Å²) in [5.74, 6) is 4.43. The summed E-state index contributed by atoms with van der Waals surface area (Å²) in [5, 5.41) is 0.315. The van der Waals surface area contributed by atoms with Crippen LogP contribution in [-0.2, 0) is 9.53 Å². The van der Waals surface area contributed by atoms with E-state index in [4.69, 9.17) is 11.6 Å². The minimum atomic E-state index is -0.581. The molecule has 0 aliphatic heterocycles. The first-order valence-corrected chi connectivity index (χ1v) is 5.09. The van der Waals surface area contributed by atoms with Gasteiger partial charge in [0.2, 0.25) is 0 Å². The van der Waals surface area contributed by atoms with Gasteiger partial charge in [0.1, 0.15) is 5.15 Å². The lowest BCUT2D eigenvalue weighted by Crippen LogP contribution is -1.94. The van der Waals surface area contributed by atoms with Gasteiger partial charge < -0.3 is 4.74 Å². The SMILES string of the molecule is COC(=O)C#Cc1ccc2ncc(Cl)nc2c1. The normalized spacial score (nSPS) is 9.53. The number of methoxy groups -OCH3 is 1. The first kappa shape index (κ1) is 11.4. The van der Waals surface area contributed by atoms with E-state index in [-0.39, 0.29) is 0 Å². The van der Waals surface area contributed by atoms with Crippen LogP contribution in [0.15, 0.2) is 24.4 Å². The molecule has 0 saturated heterocycles. The van der Waals surface area contributed by atoms with Gasteiger partial charge in [-0.15, -0.1) is 0 Å². The Kier molecular flexibility index (Phi) is 3.22. The predicted octanol–water partition coefficient (Wildman–Crippen LogP) is 1.81. The van der Waals surface area contributed by atoms with E-state index in [1.807, 2.05) is 0 Å². The monoisotopic (exact) mass is 246 g/mol. The zero-order chi connectivity index (χ0) is 12.3. The zero-order valence-electron chi connectivity index (χ0n) is 8.90. The van der Waals surface area contributed by atoms with Gasteiger partial charge in [0.15, 0.2) is 0 Å². The van der Waals surface area contributed by atoms with Gasteiger partial charge in [-0.1, -0.05) is 17.5 Å². The molecule has 0 saturated carbocycles. The topological polar surface area (TPSA) is 52.1 Å². The number of hydrogen-bond acceptors (Lipinski definition) is 4. The number of halogens is 1. The van der Waals surface area contributed by atoms with Crippen LogP contribution in [0.4, 0.5) is 0 Å². The molecule has 17 heavy (non-hydrogen) atoms. The van der Waals surface area contributed by atoms with Crippen molar-refractivity contribution in [3.8, 4) is 11.8 Å². The molecule has 1 aromatic carbocycles. The molecular weight excluding hydrogens is 240 g/mol. The second-order valence-corrected chi connectivity index (χ2v) is 3.53. The quantitative estimate of drug-likeness (QED) is 0.525. The Hall–Kier alpha value is -2.12. The van der Waals surface area contributed by atoms with Crippen LogP contribution in [0.1, 0.15) is 5.56 Å². The van der Waals surface area contributed by atoms with Crippen molar-refractivity contribution in [1.82, 2.24) is 9.97 Å². The van der Waals surface area contributed by atoms with Gasteiger partial charge in [-0.25, -0.2) is 9.78 Å². The maximum Gasteiger partial charge on any atom is 0.384 e. The van der Waals surface area contributed by atoms with E-state index >= 15 is 0 Å². The second kappa shape index (κ2) is 4.81. The number of carbonyl (C=O) groups excluding carboxylic acids is 1. The summed E-state index contributed by atoms with van der Waals surface area (Å²) in [6.45, 7) is 0. The van der Waals surface area contributed by atoms with Gasteiger partial charge in [0.25, 0.3) is 0 Å². The molecule has 0 radical (unpaired) electrons. The summed E-state index contributed by atoms with van der Waals surface area (Å²) in [6.07, 6.45) is 1.48. The van der Waals surface area contributed by atoms with Crippen LogP contribution >= 0.6 is 11.6 Å².